The van der Waals surface area contributed by atoms with Gasteiger partial charge < -0.3 is 18.6 Å². The molecule has 0 saturated carbocycles. The summed E-state index contributed by atoms with van der Waals surface area (Å²) >= 11 is 0. The van der Waals surface area contributed by atoms with Crippen LogP contribution in [0.2, 0.25) is 0 Å². The molecule has 364 valence electrons. The van der Waals surface area contributed by atoms with E-state index in [1.165, 1.54) is 60.1 Å². The molecule has 0 aliphatic heterocycles. The highest BCUT2D eigenvalue weighted by Crippen LogP contribution is 2.56. The summed E-state index contributed by atoms with van der Waals surface area (Å²) in [6.07, 6.45) is 1.98. The normalized spacial score (nSPS) is 13.4. The maximum absolute atomic E-state index is 6.99. The quantitative estimate of drug-likeness (QED) is 0.135. The van der Waals surface area contributed by atoms with Crippen molar-refractivity contribution in [2.24, 2.45) is 0 Å². The Bertz CT molecular complexity index is 4600. The second-order valence-corrected chi connectivity index (χ2v) is 21.8. The molecule has 0 fully saturated rings. The number of anilines is 6. The molecule has 0 N–H and O–H groups in total. The van der Waals surface area contributed by atoms with Crippen LogP contribution in [0.1, 0.15) is 56.7 Å². The van der Waals surface area contributed by atoms with Crippen LogP contribution in [-0.2, 0) is 11.8 Å². The molecule has 1 aliphatic carbocycles. The molecule has 0 spiro atoms. The van der Waals surface area contributed by atoms with Crippen molar-refractivity contribution in [2.45, 2.75) is 51.9 Å². The van der Waals surface area contributed by atoms with Crippen LogP contribution < -0.4 is 9.80 Å². The van der Waals surface area contributed by atoms with Gasteiger partial charge in [-0.2, -0.15) is 0 Å². The molecule has 2 heterocycles. The molecule has 0 unspecified atom stereocenters. The van der Waals surface area contributed by atoms with Crippen LogP contribution in [0.15, 0.2) is 233 Å². The van der Waals surface area contributed by atoms with Gasteiger partial charge in [-0.05, 0) is 146 Å². The van der Waals surface area contributed by atoms with Crippen LogP contribution in [-0.4, -0.2) is 0 Å². The molecule has 0 saturated heterocycles. The molecule has 0 amide bonds. The fourth-order valence-corrected chi connectivity index (χ4v) is 12.9. The van der Waals surface area contributed by atoms with Gasteiger partial charge in [0.15, 0.2) is 11.2 Å². The zero-order chi connectivity index (χ0) is 50.8. The summed E-state index contributed by atoms with van der Waals surface area (Å²) in [5, 5.41) is 12.1. The van der Waals surface area contributed by atoms with E-state index in [2.05, 4.69) is 262 Å². The van der Waals surface area contributed by atoms with Gasteiger partial charge in [-0.1, -0.05) is 185 Å². The van der Waals surface area contributed by atoms with Crippen molar-refractivity contribution in [3.63, 3.8) is 0 Å². The van der Waals surface area contributed by atoms with Crippen LogP contribution in [0.5, 0.6) is 0 Å². The SMILES string of the molecule is CC(C)c1cc(N(c2cccc(-c3ccccc3)c2)c2cccc3c2oc2ccccc23)c2cc3c4c(cc(N(c5cccc(-c6ccccc6)c5)c5cccc6c5oc5ccccc56)c5ccc1c2c54)CCC3(C)C. The first-order valence-corrected chi connectivity index (χ1v) is 26.8. The van der Waals surface area contributed by atoms with E-state index in [1.54, 1.807) is 0 Å². The molecule has 4 nitrogen and oxygen atoms in total. The van der Waals surface area contributed by atoms with Gasteiger partial charge in [-0.15, -0.1) is 0 Å². The number of furan rings is 2. The lowest BCUT2D eigenvalue weighted by Gasteiger charge is -2.37. The Morgan fingerprint density at radius 3 is 1.43 bits per heavy atom. The predicted molar refractivity (Wildman–Crippen MR) is 320 cm³/mol. The zero-order valence-electron chi connectivity index (χ0n) is 43.1. The maximum atomic E-state index is 6.99. The average Bonchev–Trinajstić information content (AvgIpc) is 4.17. The first-order chi connectivity index (χ1) is 37.3. The minimum absolute atomic E-state index is 0.102. The second-order valence-electron chi connectivity index (χ2n) is 21.8. The van der Waals surface area contributed by atoms with Crippen molar-refractivity contribution in [3.05, 3.63) is 241 Å². The number of nitrogens with zero attached hydrogens (tertiary/aromatic N) is 2. The Morgan fingerprint density at radius 2 is 0.868 bits per heavy atom. The molecule has 76 heavy (non-hydrogen) atoms. The summed E-state index contributed by atoms with van der Waals surface area (Å²) < 4.78 is 13.9. The average molecular weight is 979 g/mol. The van der Waals surface area contributed by atoms with Crippen LogP contribution in [0.3, 0.4) is 0 Å². The van der Waals surface area contributed by atoms with Gasteiger partial charge in [-0.25, -0.2) is 0 Å². The van der Waals surface area contributed by atoms with Crippen molar-refractivity contribution >= 4 is 110 Å². The van der Waals surface area contributed by atoms with Crippen LogP contribution in [0, 0.1) is 0 Å². The Balaban J connectivity index is 1.08. The summed E-state index contributed by atoms with van der Waals surface area (Å²) in [4.78, 5) is 5.00. The first kappa shape index (κ1) is 44.4. The van der Waals surface area contributed by atoms with Crippen LogP contribution in [0.25, 0.3) is 98.4 Å². The maximum Gasteiger partial charge on any atom is 0.159 e. The van der Waals surface area contributed by atoms with Crippen molar-refractivity contribution in [1.82, 2.24) is 0 Å². The molecule has 0 bridgehead atoms. The van der Waals surface area contributed by atoms with Gasteiger partial charge in [-0.3, -0.25) is 0 Å². The standard InChI is InChI=1S/C72H54N2O2/c1-44(2)58-43-64(74(51-26-16-24-48(40-51)46-21-9-6-10-22-46)62-32-18-30-56-53-28-12-14-34-66(53)76-71(56)62)59-42-60-67-49(37-38-72(60,3)4)41-63(57-36-35-54(58)68(59)69(57)67)73(50-25-15-23-47(39-50)45-19-7-5-8-20-45)61-31-17-29-55-52-27-11-13-33-65(52)75-70(55)61/h5-36,39-44H,37-38H2,1-4H3. The number of para-hydroxylation sites is 4. The van der Waals surface area contributed by atoms with E-state index < -0.39 is 0 Å². The third-order valence-corrected chi connectivity index (χ3v) is 16.6. The predicted octanol–water partition coefficient (Wildman–Crippen LogP) is 21.0. The van der Waals surface area contributed by atoms with Gasteiger partial charge in [0.2, 0.25) is 0 Å². The Morgan fingerprint density at radius 1 is 0.382 bits per heavy atom. The molecule has 1 aliphatic rings. The fourth-order valence-electron chi connectivity index (χ4n) is 12.9. The second kappa shape index (κ2) is 17.0. The van der Waals surface area contributed by atoms with Crippen molar-refractivity contribution < 1.29 is 8.83 Å². The van der Waals surface area contributed by atoms with E-state index in [-0.39, 0.29) is 11.3 Å². The monoisotopic (exact) mass is 978 g/mol. The number of hydrogen-bond donors (Lipinski definition) is 0. The van der Waals surface area contributed by atoms with Crippen molar-refractivity contribution in [1.29, 1.82) is 0 Å². The van der Waals surface area contributed by atoms with Crippen molar-refractivity contribution in [2.75, 3.05) is 9.80 Å². The zero-order valence-corrected chi connectivity index (χ0v) is 43.1. The third-order valence-electron chi connectivity index (χ3n) is 16.6. The van der Waals surface area contributed by atoms with E-state index in [9.17, 15) is 0 Å². The van der Waals surface area contributed by atoms with E-state index >= 15 is 0 Å². The van der Waals surface area contributed by atoms with Crippen LogP contribution in [0.4, 0.5) is 34.1 Å². The van der Waals surface area contributed by atoms with Gasteiger partial charge in [0.05, 0.1) is 22.7 Å². The first-order valence-electron chi connectivity index (χ1n) is 26.8. The minimum atomic E-state index is -0.102. The summed E-state index contributed by atoms with van der Waals surface area (Å²) in [6.45, 7) is 9.60. The minimum Gasteiger partial charge on any atom is -0.454 e. The van der Waals surface area contributed by atoms with E-state index in [1.807, 2.05) is 0 Å². The summed E-state index contributed by atoms with van der Waals surface area (Å²) in [6, 6.07) is 82.2. The lowest BCUT2D eigenvalue weighted by Crippen LogP contribution is -2.24. The molecule has 0 radical (unpaired) electrons. The number of aryl methyl sites for hydroxylation is 1. The third kappa shape index (κ3) is 6.76. The molecular weight excluding hydrogens is 925 g/mol. The van der Waals surface area contributed by atoms with Gasteiger partial charge in [0.1, 0.15) is 11.2 Å². The van der Waals surface area contributed by atoms with Crippen LogP contribution >= 0.6 is 0 Å². The molecule has 4 heteroatoms. The van der Waals surface area contributed by atoms with Gasteiger partial charge >= 0.3 is 0 Å². The highest BCUT2D eigenvalue weighted by atomic mass is 16.3. The Kier molecular flexibility index (Phi) is 9.90. The summed E-state index contributed by atoms with van der Waals surface area (Å²) in [5.41, 5.74) is 18.5. The molecule has 15 rings (SSSR count). The van der Waals surface area contributed by atoms with Crippen molar-refractivity contribution in [3.8, 4) is 22.3 Å². The van der Waals surface area contributed by atoms with Gasteiger partial charge in [0, 0.05) is 49.1 Å². The lowest BCUT2D eigenvalue weighted by atomic mass is 9.70. The number of hydrogen-bond acceptors (Lipinski definition) is 4. The largest absolute Gasteiger partial charge is 0.454 e. The highest BCUT2D eigenvalue weighted by molar-refractivity contribution is 6.31. The summed E-state index contributed by atoms with van der Waals surface area (Å²) in [5.74, 6) is 0.216. The van der Waals surface area contributed by atoms with Gasteiger partial charge in [0.25, 0.3) is 0 Å². The number of rotatable bonds is 9. The molecule has 14 aromatic rings. The number of fused-ring (bicyclic) bond motifs is 6. The fraction of sp³-hybridized carbons (Fsp3) is 0.111. The Hall–Kier alpha value is -9.12. The molecule has 12 aromatic carbocycles. The Labute approximate surface area is 442 Å². The summed E-state index contributed by atoms with van der Waals surface area (Å²) in [7, 11) is 0. The van der Waals surface area contributed by atoms with E-state index in [0.717, 1.165) is 102 Å². The molecular formula is C72H54N2O2. The van der Waals surface area contributed by atoms with E-state index in [0.29, 0.717) is 0 Å². The highest BCUT2D eigenvalue weighted by Gasteiger charge is 2.35. The molecule has 0 atom stereocenters. The topological polar surface area (TPSA) is 32.8 Å². The molecule has 2 aromatic heterocycles. The van der Waals surface area contributed by atoms with E-state index in [4.69, 9.17) is 8.83 Å². The smallest absolute Gasteiger partial charge is 0.159 e. The number of benzene rings is 12. The lowest BCUT2D eigenvalue weighted by molar-refractivity contribution is 0.475.